The van der Waals surface area contributed by atoms with Crippen LogP contribution in [0.5, 0.6) is 5.75 Å². The summed E-state index contributed by atoms with van der Waals surface area (Å²) in [7, 11) is 0. The number of nitrogens with two attached hydrogens (primary N) is 1. The first kappa shape index (κ1) is 13.2. The van der Waals surface area contributed by atoms with Gasteiger partial charge in [0.25, 0.3) is 0 Å². The first-order chi connectivity index (χ1) is 10.3. The van der Waals surface area contributed by atoms with Crippen LogP contribution < -0.4 is 15.4 Å². The van der Waals surface area contributed by atoms with Gasteiger partial charge in [-0.25, -0.2) is 0 Å². The second-order valence-corrected chi connectivity index (χ2v) is 4.76. The first-order valence-corrected chi connectivity index (χ1v) is 6.67. The van der Waals surface area contributed by atoms with Crippen molar-refractivity contribution in [3.05, 3.63) is 53.9 Å². The van der Waals surface area contributed by atoms with Crippen molar-refractivity contribution >= 4 is 11.5 Å². The molecule has 1 aliphatic heterocycles. The van der Waals surface area contributed by atoms with Crippen molar-refractivity contribution in [1.82, 2.24) is 4.98 Å². The SMILES string of the molecule is NC(=NO)c1cc(N2CCOc3ccccc3C2)ccn1. The zero-order valence-corrected chi connectivity index (χ0v) is 11.4. The zero-order valence-electron chi connectivity index (χ0n) is 11.4. The van der Waals surface area contributed by atoms with E-state index in [1.807, 2.05) is 30.3 Å². The minimum Gasteiger partial charge on any atom is -0.491 e. The molecule has 2 aromatic rings. The average Bonchev–Trinajstić information content (AvgIpc) is 2.76. The summed E-state index contributed by atoms with van der Waals surface area (Å²) in [4.78, 5) is 6.28. The van der Waals surface area contributed by atoms with Gasteiger partial charge in [0.1, 0.15) is 18.1 Å². The highest BCUT2D eigenvalue weighted by molar-refractivity contribution is 5.95. The Kier molecular flexibility index (Phi) is 3.59. The van der Waals surface area contributed by atoms with Gasteiger partial charge in [-0.3, -0.25) is 4.98 Å². The topological polar surface area (TPSA) is 84.0 Å². The molecule has 108 valence electrons. The smallest absolute Gasteiger partial charge is 0.188 e. The van der Waals surface area contributed by atoms with Crippen LogP contribution in [0.1, 0.15) is 11.3 Å². The number of nitrogens with zero attached hydrogens (tertiary/aromatic N) is 3. The Morgan fingerprint density at radius 1 is 1.33 bits per heavy atom. The lowest BCUT2D eigenvalue weighted by Gasteiger charge is -2.22. The van der Waals surface area contributed by atoms with E-state index in [-0.39, 0.29) is 5.84 Å². The highest BCUT2D eigenvalue weighted by Crippen LogP contribution is 2.26. The maximum atomic E-state index is 8.75. The van der Waals surface area contributed by atoms with Crippen molar-refractivity contribution in [2.45, 2.75) is 6.54 Å². The van der Waals surface area contributed by atoms with Crippen molar-refractivity contribution in [2.24, 2.45) is 10.9 Å². The number of pyridine rings is 1. The minimum atomic E-state index is 0.00308. The van der Waals surface area contributed by atoms with Gasteiger partial charge in [-0.05, 0) is 18.2 Å². The minimum absolute atomic E-state index is 0.00308. The number of benzene rings is 1. The number of oxime groups is 1. The Morgan fingerprint density at radius 2 is 2.19 bits per heavy atom. The lowest BCUT2D eigenvalue weighted by atomic mass is 10.2. The maximum absolute atomic E-state index is 8.75. The number of anilines is 1. The summed E-state index contributed by atoms with van der Waals surface area (Å²) in [5, 5.41) is 11.7. The molecule has 0 amide bonds. The predicted molar refractivity (Wildman–Crippen MR) is 79.7 cm³/mol. The molecule has 3 rings (SSSR count). The summed E-state index contributed by atoms with van der Waals surface area (Å²) in [5.41, 5.74) is 8.15. The molecule has 0 atom stereocenters. The van der Waals surface area contributed by atoms with Gasteiger partial charge in [0.2, 0.25) is 0 Å². The molecule has 21 heavy (non-hydrogen) atoms. The van der Waals surface area contributed by atoms with Crippen LogP contribution in [0.25, 0.3) is 0 Å². The van der Waals surface area contributed by atoms with Crippen molar-refractivity contribution in [2.75, 3.05) is 18.1 Å². The molecule has 1 aliphatic rings. The number of fused-ring (bicyclic) bond motifs is 1. The predicted octanol–water partition coefficient (Wildman–Crippen LogP) is 1.58. The average molecular weight is 284 g/mol. The molecular weight excluding hydrogens is 268 g/mol. The monoisotopic (exact) mass is 284 g/mol. The van der Waals surface area contributed by atoms with Crippen molar-refractivity contribution in [3.8, 4) is 5.75 Å². The van der Waals surface area contributed by atoms with E-state index < -0.39 is 0 Å². The van der Waals surface area contributed by atoms with Gasteiger partial charge in [-0.15, -0.1) is 0 Å². The van der Waals surface area contributed by atoms with Crippen LogP contribution in [0.15, 0.2) is 47.8 Å². The van der Waals surface area contributed by atoms with Crippen LogP contribution in [0.4, 0.5) is 5.69 Å². The third-order valence-corrected chi connectivity index (χ3v) is 3.43. The maximum Gasteiger partial charge on any atom is 0.188 e. The third kappa shape index (κ3) is 2.74. The van der Waals surface area contributed by atoms with Gasteiger partial charge in [-0.1, -0.05) is 23.4 Å². The largest absolute Gasteiger partial charge is 0.491 e. The lowest BCUT2D eigenvalue weighted by molar-refractivity contribution is 0.318. The molecule has 1 aromatic carbocycles. The summed E-state index contributed by atoms with van der Waals surface area (Å²) >= 11 is 0. The summed E-state index contributed by atoms with van der Waals surface area (Å²) in [6.07, 6.45) is 1.65. The number of rotatable bonds is 2. The molecule has 6 heteroatoms. The third-order valence-electron chi connectivity index (χ3n) is 3.43. The fraction of sp³-hybridized carbons (Fsp3) is 0.200. The molecule has 0 saturated carbocycles. The molecule has 0 aliphatic carbocycles. The van der Waals surface area contributed by atoms with E-state index in [1.54, 1.807) is 6.20 Å². The first-order valence-electron chi connectivity index (χ1n) is 6.67. The van der Waals surface area contributed by atoms with E-state index in [0.717, 1.165) is 30.1 Å². The number of para-hydroxylation sites is 1. The molecule has 0 bridgehead atoms. The van der Waals surface area contributed by atoms with Crippen molar-refractivity contribution in [3.63, 3.8) is 0 Å². The zero-order chi connectivity index (χ0) is 14.7. The standard InChI is InChI=1S/C15H16N4O2/c16-15(18-20)13-9-12(5-6-17-13)19-7-8-21-14-4-2-1-3-11(14)10-19/h1-6,9,20H,7-8,10H2,(H2,16,18). The molecular formula is C15H16N4O2. The van der Waals surface area contributed by atoms with Crippen LogP contribution in [-0.4, -0.2) is 29.2 Å². The van der Waals surface area contributed by atoms with E-state index in [0.29, 0.717) is 12.3 Å². The van der Waals surface area contributed by atoms with E-state index >= 15 is 0 Å². The Labute approximate surface area is 122 Å². The van der Waals surface area contributed by atoms with Gasteiger partial charge in [0, 0.05) is 24.0 Å². The van der Waals surface area contributed by atoms with Gasteiger partial charge < -0.3 is 20.6 Å². The molecule has 0 spiro atoms. The quantitative estimate of drug-likeness (QED) is 0.378. The number of aromatic nitrogens is 1. The highest BCUT2D eigenvalue weighted by atomic mass is 16.5. The highest BCUT2D eigenvalue weighted by Gasteiger charge is 2.16. The van der Waals surface area contributed by atoms with Gasteiger partial charge >= 0.3 is 0 Å². The van der Waals surface area contributed by atoms with Crippen LogP contribution in [0.3, 0.4) is 0 Å². The van der Waals surface area contributed by atoms with Gasteiger partial charge in [0.15, 0.2) is 5.84 Å². The van der Waals surface area contributed by atoms with Crippen LogP contribution in [0.2, 0.25) is 0 Å². The van der Waals surface area contributed by atoms with Crippen LogP contribution in [0, 0.1) is 0 Å². The van der Waals surface area contributed by atoms with E-state index in [4.69, 9.17) is 15.7 Å². The Balaban J connectivity index is 1.91. The molecule has 0 unspecified atom stereocenters. The Morgan fingerprint density at radius 3 is 3.05 bits per heavy atom. The summed E-state index contributed by atoms with van der Waals surface area (Å²) in [6.45, 7) is 2.11. The Hall–Kier alpha value is -2.76. The molecule has 6 nitrogen and oxygen atoms in total. The van der Waals surface area contributed by atoms with Crippen molar-refractivity contribution < 1.29 is 9.94 Å². The van der Waals surface area contributed by atoms with Crippen LogP contribution in [-0.2, 0) is 6.54 Å². The fourth-order valence-electron chi connectivity index (χ4n) is 2.35. The number of amidine groups is 1. The summed E-state index contributed by atoms with van der Waals surface area (Å²) in [5.74, 6) is 0.925. The Bertz CT molecular complexity index is 672. The van der Waals surface area contributed by atoms with Gasteiger partial charge in [-0.2, -0.15) is 0 Å². The molecule has 0 fully saturated rings. The fourth-order valence-corrected chi connectivity index (χ4v) is 2.35. The normalized spacial score (nSPS) is 15.0. The molecule has 3 N–H and O–H groups in total. The summed E-state index contributed by atoms with van der Waals surface area (Å²) < 4.78 is 5.75. The molecule has 1 aromatic heterocycles. The van der Waals surface area contributed by atoms with E-state index in [9.17, 15) is 0 Å². The molecule has 0 radical (unpaired) electrons. The molecule has 2 heterocycles. The lowest BCUT2D eigenvalue weighted by Crippen LogP contribution is -2.26. The van der Waals surface area contributed by atoms with E-state index in [1.165, 1.54) is 0 Å². The van der Waals surface area contributed by atoms with E-state index in [2.05, 4.69) is 21.1 Å². The summed E-state index contributed by atoms with van der Waals surface area (Å²) in [6, 6.07) is 11.7. The van der Waals surface area contributed by atoms with Crippen LogP contribution >= 0.6 is 0 Å². The number of hydrogen-bond acceptors (Lipinski definition) is 5. The number of ether oxygens (including phenoxy) is 1. The molecule has 0 saturated heterocycles. The second kappa shape index (κ2) is 5.70. The number of hydrogen-bond donors (Lipinski definition) is 2. The van der Waals surface area contributed by atoms with Crippen molar-refractivity contribution in [1.29, 1.82) is 0 Å². The van der Waals surface area contributed by atoms with Gasteiger partial charge in [0.05, 0.1) is 6.54 Å². The second-order valence-electron chi connectivity index (χ2n) is 4.76.